The van der Waals surface area contributed by atoms with E-state index in [2.05, 4.69) is 10.2 Å². The highest BCUT2D eigenvalue weighted by atomic mass is 16.3. The molecule has 1 unspecified atom stereocenters. The quantitative estimate of drug-likeness (QED) is 0.687. The third-order valence-corrected chi connectivity index (χ3v) is 6.98. The maximum Gasteiger partial charge on any atom is 0.325 e. The van der Waals surface area contributed by atoms with Crippen LogP contribution in [0.25, 0.3) is 0 Å². The number of carbonyl (C=O) groups excluding carboxylic acids is 3. The van der Waals surface area contributed by atoms with Gasteiger partial charge in [-0.1, -0.05) is 12.8 Å². The molecule has 0 aromatic heterocycles. The van der Waals surface area contributed by atoms with Crippen LogP contribution in [-0.2, 0) is 9.59 Å². The van der Waals surface area contributed by atoms with Gasteiger partial charge in [-0.2, -0.15) is 0 Å². The molecule has 28 heavy (non-hydrogen) atoms. The van der Waals surface area contributed by atoms with Crippen molar-refractivity contribution in [2.75, 3.05) is 39.3 Å². The van der Waals surface area contributed by atoms with Crippen molar-refractivity contribution in [1.29, 1.82) is 0 Å². The van der Waals surface area contributed by atoms with Gasteiger partial charge in [0.25, 0.3) is 5.91 Å². The summed E-state index contributed by atoms with van der Waals surface area (Å²) in [5, 5.41) is 13.8. The number of nitrogens with zero attached hydrogens (tertiary/aromatic N) is 3. The predicted octanol–water partition coefficient (Wildman–Crippen LogP) is 0.690. The van der Waals surface area contributed by atoms with Gasteiger partial charge in [-0.3, -0.25) is 14.5 Å². The molecule has 8 nitrogen and oxygen atoms in total. The van der Waals surface area contributed by atoms with Gasteiger partial charge in [-0.15, -0.1) is 0 Å². The molecule has 4 fully saturated rings. The Labute approximate surface area is 166 Å². The van der Waals surface area contributed by atoms with Crippen LogP contribution in [0.15, 0.2) is 0 Å². The van der Waals surface area contributed by atoms with Gasteiger partial charge in [0.2, 0.25) is 5.91 Å². The molecular formula is C20H32N4O4. The number of β-amino-alcohol motifs (C(OH)–C–C–N with tert-alkyl or cyclic N) is 1. The molecule has 1 saturated carbocycles. The average Bonchev–Trinajstić information content (AvgIpc) is 3.34. The topological polar surface area (TPSA) is 93.2 Å². The van der Waals surface area contributed by atoms with E-state index < -0.39 is 17.2 Å². The number of rotatable bonds is 4. The summed E-state index contributed by atoms with van der Waals surface area (Å²) in [6, 6.07) is -0.444. The number of aliphatic hydroxyl groups is 1. The number of urea groups is 1. The number of amides is 4. The highest BCUT2D eigenvalue weighted by Gasteiger charge is 2.53. The van der Waals surface area contributed by atoms with Crippen LogP contribution < -0.4 is 5.32 Å². The summed E-state index contributed by atoms with van der Waals surface area (Å²) in [6.45, 7) is 3.59. The first-order valence-electron chi connectivity index (χ1n) is 10.8. The van der Waals surface area contributed by atoms with Crippen LogP contribution in [0, 0.1) is 0 Å². The normalized spacial score (nSPS) is 30.9. The first kappa shape index (κ1) is 19.6. The third kappa shape index (κ3) is 3.76. The summed E-state index contributed by atoms with van der Waals surface area (Å²) in [4.78, 5) is 43.0. The molecule has 0 bridgehead atoms. The van der Waals surface area contributed by atoms with E-state index in [9.17, 15) is 19.5 Å². The van der Waals surface area contributed by atoms with Crippen LogP contribution in [-0.4, -0.2) is 88.1 Å². The van der Waals surface area contributed by atoms with Crippen molar-refractivity contribution in [1.82, 2.24) is 20.0 Å². The number of carbonyl (C=O) groups is 3. The van der Waals surface area contributed by atoms with Gasteiger partial charge in [0.15, 0.2) is 0 Å². The van der Waals surface area contributed by atoms with E-state index in [1.165, 1.54) is 12.8 Å². The van der Waals surface area contributed by atoms with Crippen molar-refractivity contribution in [3.8, 4) is 0 Å². The Hall–Kier alpha value is -1.67. The lowest BCUT2D eigenvalue weighted by atomic mass is 9.94. The molecule has 0 aromatic carbocycles. The second-order valence-electron chi connectivity index (χ2n) is 9.05. The molecule has 3 aliphatic heterocycles. The van der Waals surface area contributed by atoms with E-state index in [0.717, 1.165) is 37.3 Å². The number of imide groups is 1. The molecule has 0 aromatic rings. The molecule has 1 spiro atoms. The predicted molar refractivity (Wildman–Crippen MR) is 102 cm³/mol. The first-order valence-corrected chi connectivity index (χ1v) is 10.8. The van der Waals surface area contributed by atoms with E-state index in [0.29, 0.717) is 45.3 Å². The van der Waals surface area contributed by atoms with E-state index in [4.69, 9.17) is 0 Å². The molecule has 2 N–H and O–H groups in total. The van der Waals surface area contributed by atoms with Crippen LogP contribution >= 0.6 is 0 Å². The van der Waals surface area contributed by atoms with E-state index in [1.54, 1.807) is 4.90 Å². The molecule has 4 rings (SSSR count). The lowest BCUT2D eigenvalue weighted by Crippen LogP contribution is -2.46. The Morgan fingerprint density at radius 2 is 1.64 bits per heavy atom. The fraction of sp³-hybridized carbons (Fsp3) is 0.850. The summed E-state index contributed by atoms with van der Waals surface area (Å²) in [5.41, 5.74) is -1.53. The average molecular weight is 393 g/mol. The van der Waals surface area contributed by atoms with Crippen LogP contribution in [0.2, 0.25) is 0 Å². The number of hydrogen-bond donors (Lipinski definition) is 2. The van der Waals surface area contributed by atoms with Gasteiger partial charge >= 0.3 is 6.03 Å². The number of nitrogens with one attached hydrogen (secondary N) is 1. The zero-order valence-corrected chi connectivity index (χ0v) is 16.6. The minimum Gasteiger partial charge on any atom is -0.388 e. The maximum absolute atomic E-state index is 12.8. The Morgan fingerprint density at radius 3 is 2.36 bits per heavy atom. The molecule has 1 aliphatic carbocycles. The minimum atomic E-state index is -0.772. The molecule has 1 atom stereocenters. The smallest absolute Gasteiger partial charge is 0.325 e. The highest BCUT2D eigenvalue weighted by molar-refractivity contribution is 6.09. The van der Waals surface area contributed by atoms with Crippen molar-refractivity contribution in [2.24, 2.45) is 0 Å². The fourth-order valence-corrected chi connectivity index (χ4v) is 5.32. The van der Waals surface area contributed by atoms with Crippen molar-refractivity contribution in [2.45, 2.75) is 68.9 Å². The largest absolute Gasteiger partial charge is 0.388 e. The van der Waals surface area contributed by atoms with E-state index in [-0.39, 0.29) is 18.4 Å². The molecular weight excluding hydrogens is 360 g/mol. The summed E-state index contributed by atoms with van der Waals surface area (Å²) < 4.78 is 0. The van der Waals surface area contributed by atoms with Crippen LogP contribution in [0.4, 0.5) is 4.79 Å². The van der Waals surface area contributed by atoms with Gasteiger partial charge in [0.05, 0.1) is 5.60 Å². The monoisotopic (exact) mass is 392 g/mol. The number of hydrogen-bond acceptors (Lipinski definition) is 5. The van der Waals surface area contributed by atoms with Crippen LogP contribution in [0.3, 0.4) is 0 Å². The highest BCUT2D eigenvalue weighted by Crippen LogP contribution is 2.35. The maximum atomic E-state index is 12.8. The van der Waals surface area contributed by atoms with Crippen LogP contribution in [0.1, 0.15) is 57.8 Å². The Kier molecular flexibility index (Phi) is 5.35. The van der Waals surface area contributed by atoms with E-state index in [1.807, 2.05) is 0 Å². The van der Waals surface area contributed by atoms with Gasteiger partial charge in [0, 0.05) is 19.6 Å². The van der Waals surface area contributed by atoms with Crippen LogP contribution in [0.5, 0.6) is 0 Å². The van der Waals surface area contributed by atoms with Crippen molar-refractivity contribution in [3.05, 3.63) is 0 Å². The molecule has 8 heteroatoms. The van der Waals surface area contributed by atoms with Gasteiger partial charge in [0.1, 0.15) is 12.1 Å². The third-order valence-electron chi connectivity index (χ3n) is 6.98. The second kappa shape index (κ2) is 7.63. The summed E-state index contributed by atoms with van der Waals surface area (Å²) in [7, 11) is 0. The Balaban J connectivity index is 1.34. The van der Waals surface area contributed by atoms with Gasteiger partial charge in [-0.05, 0) is 58.0 Å². The van der Waals surface area contributed by atoms with Crippen molar-refractivity contribution < 1.29 is 19.5 Å². The van der Waals surface area contributed by atoms with E-state index >= 15 is 0 Å². The summed E-state index contributed by atoms with van der Waals surface area (Å²) in [6.07, 6.45) is 7.51. The first-order chi connectivity index (χ1) is 13.4. The standard InChI is InChI=1S/C20H32N4O4/c25-16(14-24-17(26)20(21-18(24)27)7-1-2-8-20)23-12-5-6-19(28,9-13-23)15-22-10-3-4-11-22/h28H,1-15H2,(H,21,27). The van der Waals surface area contributed by atoms with Crippen molar-refractivity contribution in [3.63, 3.8) is 0 Å². The van der Waals surface area contributed by atoms with Gasteiger partial charge < -0.3 is 20.2 Å². The molecule has 3 heterocycles. The molecule has 0 radical (unpaired) electrons. The SMILES string of the molecule is O=C(CN1C(=O)NC2(CCCC2)C1=O)N1CCCC(O)(CN2CCCC2)CC1. The molecule has 156 valence electrons. The Bertz CT molecular complexity index is 642. The van der Waals surface area contributed by atoms with Crippen molar-refractivity contribution >= 4 is 17.8 Å². The second-order valence-corrected chi connectivity index (χ2v) is 9.05. The molecule has 4 aliphatic rings. The lowest BCUT2D eigenvalue weighted by Gasteiger charge is -2.31. The number of likely N-dealkylation sites (tertiary alicyclic amines) is 2. The summed E-state index contributed by atoms with van der Waals surface area (Å²) >= 11 is 0. The molecule has 4 amide bonds. The zero-order chi connectivity index (χ0) is 19.8. The Morgan fingerprint density at radius 1 is 0.929 bits per heavy atom. The minimum absolute atomic E-state index is 0.197. The zero-order valence-electron chi connectivity index (χ0n) is 16.6. The summed E-state index contributed by atoms with van der Waals surface area (Å²) in [5.74, 6) is -0.451. The van der Waals surface area contributed by atoms with Gasteiger partial charge in [-0.25, -0.2) is 4.79 Å². The molecule has 3 saturated heterocycles. The lowest BCUT2D eigenvalue weighted by molar-refractivity contribution is -0.139. The fourth-order valence-electron chi connectivity index (χ4n) is 5.32.